The smallest absolute Gasteiger partial charge is 0.249 e. The molecule has 0 aromatic heterocycles. The van der Waals surface area contributed by atoms with E-state index in [4.69, 9.17) is 4.74 Å². The van der Waals surface area contributed by atoms with E-state index in [0.29, 0.717) is 19.6 Å². The molecule has 2 aliphatic heterocycles. The van der Waals surface area contributed by atoms with Crippen LogP contribution in [0.2, 0.25) is 0 Å². The fourth-order valence-electron chi connectivity index (χ4n) is 2.32. The van der Waals surface area contributed by atoms with Crippen LogP contribution in [0.4, 0.5) is 0 Å². The zero-order chi connectivity index (χ0) is 12.1. The summed E-state index contributed by atoms with van der Waals surface area (Å²) in [5.41, 5.74) is 0. The van der Waals surface area contributed by atoms with Crippen LogP contribution in [0.25, 0.3) is 0 Å². The van der Waals surface area contributed by atoms with E-state index in [-0.39, 0.29) is 17.9 Å². The molecular weight excluding hydrogens is 220 g/mol. The van der Waals surface area contributed by atoms with Crippen molar-refractivity contribution in [2.45, 2.75) is 38.2 Å². The number of hydrogen-bond acceptors (Lipinski definition) is 3. The minimum atomic E-state index is -0.295. The standard InChI is InChI=1S/C12H20N2O3/c15-11(14-7-1-2-8-14)5-6-13-12(16)10-4-3-9-17-10/h10H,1-9H2,(H,13,16). The predicted octanol–water partition coefficient (Wildman–Crippen LogP) is 0.294. The van der Waals surface area contributed by atoms with Crippen molar-refractivity contribution >= 4 is 11.8 Å². The molecule has 2 amide bonds. The van der Waals surface area contributed by atoms with Crippen molar-refractivity contribution in [2.24, 2.45) is 0 Å². The number of carbonyl (C=O) groups is 2. The van der Waals surface area contributed by atoms with Crippen molar-refractivity contribution < 1.29 is 14.3 Å². The molecule has 0 bridgehead atoms. The van der Waals surface area contributed by atoms with Crippen molar-refractivity contribution in [3.05, 3.63) is 0 Å². The average Bonchev–Trinajstić information content (AvgIpc) is 3.02. The second-order valence-electron chi connectivity index (χ2n) is 4.63. The molecule has 0 aromatic rings. The summed E-state index contributed by atoms with van der Waals surface area (Å²) in [6, 6.07) is 0. The second-order valence-corrected chi connectivity index (χ2v) is 4.63. The zero-order valence-corrected chi connectivity index (χ0v) is 10.1. The molecule has 1 atom stereocenters. The van der Waals surface area contributed by atoms with Crippen LogP contribution in [0, 0.1) is 0 Å². The third-order valence-corrected chi connectivity index (χ3v) is 3.32. The van der Waals surface area contributed by atoms with Gasteiger partial charge in [0.25, 0.3) is 0 Å². The maximum absolute atomic E-state index is 11.7. The first-order chi connectivity index (χ1) is 8.27. The van der Waals surface area contributed by atoms with E-state index in [2.05, 4.69) is 5.32 Å². The minimum absolute atomic E-state index is 0.0725. The summed E-state index contributed by atoms with van der Waals surface area (Å²) in [6.45, 7) is 2.84. The molecule has 2 heterocycles. The van der Waals surface area contributed by atoms with Gasteiger partial charge in [-0.25, -0.2) is 0 Å². The van der Waals surface area contributed by atoms with E-state index < -0.39 is 0 Å². The molecule has 0 aromatic carbocycles. The topological polar surface area (TPSA) is 58.6 Å². The number of nitrogens with one attached hydrogen (secondary N) is 1. The zero-order valence-electron chi connectivity index (χ0n) is 10.1. The van der Waals surface area contributed by atoms with Crippen LogP contribution in [-0.4, -0.2) is 49.1 Å². The molecule has 5 nitrogen and oxygen atoms in total. The summed E-state index contributed by atoms with van der Waals surface area (Å²) < 4.78 is 5.26. The number of ether oxygens (including phenoxy) is 1. The lowest BCUT2D eigenvalue weighted by Crippen LogP contribution is -2.37. The number of carbonyl (C=O) groups excluding carboxylic acids is 2. The average molecular weight is 240 g/mol. The van der Waals surface area contributed by atoms with E-state index >= 15 is 0 Å². The lowest BCUT2D eigenvalue weighted by Gasteiger charge is -2.15. The van der Waals surface area contributed by atoms with Crippen molar-refractivity contribution in [2.75, 3.05) is 26.2 Å². The fraction of sp³-hybridized carbons (Fsp3) is 0.833. The van der Waals surface area contributed by atoms with Crippen LogP contribution in [-0.2, 0) is 14.3 Å². The normalized spacial score (nSPS) is 24.0. The first-order valence-electron chi connectivity index (χ1n) is 6.44. The Morgan fingerprint density at radius 2 is 2.00 bits per heavy atom. The van der Waals surface area contributed by atoms with Crippen LogP contribution in [0.1, 0.15) is 32.1 Å². The number of amides is 2. The van der Waals surface area contributed by atoms with Gasteiger partial charge in [0.15, 0.2) is 0 Å². The molecule has 96 valence electrons. The molecule has 17 heavy (non-hydrogen) atoms. The summed E-state index contributed by atoms with van der Waals surface area (Å²) in [5.74, 6) is 0.0758. The number of nitrogens with zero attached hydrogens (tertiary/aromatic N) is 1. The van der Waals surface area contributed by atoms with Gasteiger partial charge in [-0.15, -0.1) is 0 Å². The molecule has 2 saturated heterocycles. The molecular formula is C12H20N2O3. The second kappa shape index (κ2) is 6.00. The van der Waals surface area contributed by atoms with E-state index in [1.165, 1.54) is 0 Å². The van der Waals surface area contributed by atoms with Gasteiger partial charge >= 0.3 is 0 Å². The Hall–Kier alpha value is -1.10. The molecule has 2 rings (SSSR count). The summed E-state index contributed by atoms with van der Waals surface area (Å²) in [5, 5.41) is 2.77. The predicted molar refractivity (Wildman–Crippen MR) is 62.4 cm³/mol. The molecule has 1 unspecified atom stereocenters. The largest absolute Gasteiger partial charge is 0.368 e. The summed E-state index contributed by atoms with van der Waals surface area (Å²) in [6.07, 6.45) is 4.06. The first kappa shape index (κ1) is 12.4. The van der Waals surface area contributed by atoms with Crippen LogP contribution < -0.4 is 5.32 Å². The van der Waals surface area contributed by atoms with Gasteiger partial charge in [0.05, 0.1) is 0 Å². The molecule has 2 fully saturated rings. The van der Waals surface area contributed by atoms with E-state index in [9.17, 15) is 9.59 Å². The van der Waals surface area contributed by atoms with Gasteiger partial charge in [-0.05, 0) is 25.7 Å². The number of likely N-dealkylation sites (tertiary alicyclic amines) is 1. The van der Waals surface area contributed by atoms with Crippen LogP contribution >= 0.6 is 0 Å². The molecule has 1 N–H and O–H groups in total. The fourth-order valence-corrected chi connectivity index (χ4v) is 2.32. The monoisotopic (exact) mass is 240 g/mol. The lowest BCUT2D eigenvalue weighted by molar-refractivity contribution is -0.131. The molecule has 0 aliphatic carbocycles. The molecule has 0 spiro atoms. The van der Waals surface area contributed by atoms with Gasteiger partial charge in [0, 0.05) is 32.7 Å². The minimum Gasteiger partial charge on any atom is -0.368 e. The van der Waals surface area contributed by atoms with E-state index in [0.717, 1.165) is 38.8 Å². The van der Waals surface area contributed by atoms with Gasteiger partial charge in [-0.2, -0.15) is 0 Å². The van der Waals surface area contributed by atoms with Crippen molar-refractivity contribution in [1.82, 2.24) is 10.2 Å². The Labute approximate surface area is 101 Å². The summed E-state index contributed by atoms with van der Waals surface area (Å²) >= 11 is 0. The van der Waals surface area contributed by atoms with E-state index in [1.807, 2.05) is 4.90 Å². The van der Waals surface area contributed by atoms with Crippen LogP contribution in [0.3, 0.4) is 0 Å². The number of rotatable bonds is 4. The Balaban J connectivity index is 1.61. The highest BCUT2D eigenvalue weighted by Gasteiger charge is 2.23. The Morgan fingerprint density at radius 3 is 2.65 bits per heavy atom. The highest BCUT2D eigenvalue weighted by molar-refractivity contribution is 5.82. The summed E-state index contributed by atoms with van der Waals surface area (Å²) in [7, 11) is 0. The third-order valence-electron chi connectivity index (χ3n) is 3.32. The van der Waals surface area contributed by atoms with Crippen LogP contribution in [0.15, 0.2) is 0 Å². The van der Waals surface area contributed by atoms with Gasteiger partial charge in [0.2, 0.25) is 11.8 Å². The molecule has 5 heteroatoms. The van der Waals surface area contributed by atoms with Crippen molar-refractivity contribution in [3.63, 3.8) is 0 Å². The van der Waals surface area contributed by atoms with Gasteiger partial charge < -0.3 is 15.0 Å². The van der Waals surface area contributed by atoms with Crippen molar-refractivity contribution in [3.8, 4) is 0 Å². The molecule has 2 aliphatic rings. The van der Waals surface area contributed by atoms with Crippen LogP contribution in [0.5, 0.6) is 0 Å². The SMILES string of the molecule is O=C(NCCC(=O)N1CCCC1)C1CCCO1. The van der Waals surface area contributed by atoms with Gasteiger partial charge in [0.1, 0.15) is 6.10 Å². The highest BCUT2D eigenvalue weighted by atomic mass is 16.5. The Bertz CT molecular complexity index is 253. The number of hydrogen-bond donors (Lipinski definition) is 1. The lowest BCUT2D eigenvalue weighted by atomic mass is 10.2. The quantitative estimate of drug-likeness (QED) is 0.768. The Morgan fingerprint density at radius 1 is 1.24 bits per heavy atom. The maximum Gasteiger partial charge on any atom is 0.249 e. The third kappa shape index (κ3) is 3.43. The molecule has 0 saturated carbocycles. The summed E-state index contributed by atoms with van der Waals surface area (Å²) in [4.78, 5) is 25.2. The van der Waals surface area contributed by atoms with E-state index in [1.54, 1.807) is 0 Å². The Kier molecular flexibility index (Phi) is 4.36. The molecule has 0 radical (unpaired) electrons. The van der Waals surface area contributed by atoms with Gasteiger partial charge in [-0.3, -0.25) is 9.59 Å². The maximum atomic E-state index is 11.7. The van der Waals surface area contributed by atoms with Crippen molar-refractivity contribution in [1.29, 1.82) is 0 Å². The first-order valence-corrected chi connectivity index (χ1v) is 6.44. The highest BCUT2D eigenvalue weighted by Crippen LogP contribution is 2.12. The van der Waals surface area contributed by atoms with Gasteiger partial charge in [-0.1, -0.05) is 0 Å².